The second-order valence-corrected chi connectivity index (χ2v) is 2.29. The van der Waals surface area contributed by atoms with E-state index in [1.54, 1.807) is 0 Å². The number of aromatic nitrogens is 3. The summed E-state index contributed by atoms with van der Waals surface area (Å²) in [4.78, 5) is 10.7. The van der Waals surface area contributed by atoms with E-state index in [4.69, 9.17) is 0 Å². The molecule has 0 radical (unpaired) electrons. The fourth-order valence-corrected chi connectivity index (χ4v) is 0.205. The van der Waals surface area contributed by atoms with Crippen molar-refractivity contribution in [3.63, 3.8) is 0 Å². The SMILES string of the molecule is C[C-](C)C.[Li+].c1ncncn1. The Kier molecular flexibility index (Phi) is 11.5. The Bertz CT molecular complexity index is 114. The van der Waals surface area contributed by atoms with Gasteiger partial charge in [-0.05, 0) is 0 Å². The Hall–Kier alpha value is -0.393. The Morgan fingerprint density at radius 1 is 0.818 bits per heavy atom. The second kappa shape index (κ2) is 9.61. The van der Waals surface area contributed by atoms with Crippen molar-refractivity contribution in [2.24, 2.45) is 0 Å². The molecular weight excluding hydrogens is 133 g/mol. The van der Waals surface area contributed by atoms with Gasteiger partial charge in [-0.2, -0.15) is 20.8 Å². The van der Waals surface area contributed by atoms with Gasteiger partial charge in [-0.3, -0.25) is 0 Å². The maximum Gasteiger partial charge on any atom is 1.00 e. The van der Waals surface area contributed by atoms with Gasteiger partial charge in [0.05, 0.1) is 0 Å². The summed E-state index contributed by atoms with van der Waals surface area (Å²) in [7, 11) is 0. The summed E-state index contributed by atoms with van der Waals surface area (Å²) >= 11 is 0. The van der Waals surface area contributed by atoms with Crippen molar-refractivity contribution in [3.8, 4) is 0 Å². The van der Waals surface area contributed by atoms with Crippen LogP contribution >= 0.6 is 0 Å². The summed E-state index contributed by atoms with van der Waals surface area (Å²) in [5.41, 5.74) is 0. The first-order valence-electron chi connectivity index (χ1n) is 3.05. The predicted octanol–water partition coefficient (Wildman–Crippen LogP) is -1.50. The molecule has 0 aliphatic carbocycles. The molecular formula is C7H12LiN3. The number of rotatable bonds is 0. The predicted molar refractivity (Wildman–Crippen MR) is 40.1 cm³/mol. The third-order valence-corrected chi connectivity index (χ3v) is 0.400. The van der Waals surface area contributed by atoms with E-state index in [1.165, 1.54) is 24.9 Å². The van der Waals surface area contributed by atoms with Crippen LogP contribution < -0.4 is 18.9 Å². The molecule has 0 aliphatic heterocycles. The summed E-state index contributed by atoms with van der Waals surface area (Å²) in [6, 6.07) is 0. The summed E-state index contributed by atoms with van der Waals surface area (Å²) in [5.74, 6) is 1.42. The molecule has 1 aromatic heterocycles. The van der Waals surface area contributed by atoms with Crippen LogP contribution in [0.2, 0.25) is 0 Å². The molecule has 0 aliphatic rings. The van der Waals surface area contributed by atoms with Gasteiger partial charge in [0.25, 0.3) is 0 Å². The zero-order valence-electron chi connectivity index (χ0n) is 7.57. The minimum atomic E-state index is 0. The van der Waals surface area contributed by atoms with E-state index in [1.807, 2.05) is 0 Å². The van der Waals surface area contributed by atoms with E-state index in [2.05, 4.69) is 35.7 Å². The second-order valence-electron chi connectivity index (χ2n) is 2.29. The summed E-state index contributed by atoms with van der Waals surface area (Å²) in [6.07, 6.45) is 4.31. The average molecular weight is 145 g/mol. The Morgan fingerprint density at radius 2 is 1.00 bits per heavy atom. The van der Waals surface area contributed by atoms with Gasteiger partial charge in [0, 0.05) is 0 Å². The third-order valence-electron chi connectivity index (χ3n) is 0.400. The molecule has 0 bridgehead atoms. The quantitative estimate of drug-likeness (QED) is 0.329. The minimum Gasteiger partial charge on any atom is -0.323 e. The van der Waals surface area contributed by atoms with Gasteiger partial charge < -0.3 is 5.92 Å². The van der Waals surface area contributed by atoms with Crippen molar-refractivity contribution in [1.29, 1.82) is 0 Å². The Labute approximate surface area is 79.9 Å². The van der Waals surface area contributed by atoms with Crippen LogP contribution in [0.4, 0.5) is 0 Å². The first-order chi connectivity index (χ1) is 4.73. The largest absolute Gasteiger partial charge is 1.00 e. The van der Waals surface area contributed by atoms with Crippen molar-refractivity contribution in [1.82, 2.24) is 15.0 Å². The molecule has 1 aromatic rings. The molecule has 1 rings (SSSR count). The van der Waals surface area contributed by atoms with Crippen LogP contribution in [0, 0.1) is 5.92 Å². The topological polar surface area (TPSA) is 38.7 Å². The van der Waals surface area contributed by atoms with Gasteiger partial charge in [0.1, 0.15) is 19.0 Å². The van der Waals surface area contributed by atoms with Crippen molar-refractivity contribution in [2.45, 2.75) is 20.8 Å². The molecule has 4 heteroatoms. The molecule has 11 heavy (non-hydrogen) atoms. The Morgan fingerprint density at radius 3 is 1.09 bits per heavy atom. The normalized spacial score (nSPS) is 7.64. The van der Waals surface area contributed by atoms with E-state index in [0.29, 0.717) is 0 Å². The summed E-state index contributed by atoms with van der Waals surface area (Å²) in [6.45, 7) is 6.25. The fourth-order valence-electron chi connectivity index (χ4n) is 0.205. The van der Waals surface area contributed by atoms with Crippen molar-refractivity contribution < 1.29 is 18.9 Å². The molecule has 0 amide bonds. The molecule has 0 saturated heterocycles. The van der Waals surface area contributed by atoms with Crippen molar-refractivity contribution in [3.05, 3.63) is 24.9 Å². The molecule has 56 valence electrons. The van der Waals surface area contributed by atoms with Crippen LogP contribution in [0.25, 0.3) is 0 Å². The van der Waals surface area contributed by atoms with E-state index in [9.17, 15) is 0 Å². The standard InChI is InChI=1S/C4H9.C3H3N3.Li/c1-4(2)3;1-4-2-6-3-5-1;/h1-3H3;1-3H;/q-1;;+1. The first kappa shape index (κ1) is 13.2. The van der Waals surface area contributed by atoms with Crippen molar-refractivity contribution >= 4 is 0 Å². The molecule has 0 atom stereocenters. The molecule has 0 spiro atoms. The van der Waals surface area contributed by atoms with Gasteiger partial charge >= 0.3 is 18.9 Å². The van der Waals surface area contributed by atoms with E-state index >= 15 is 0 Å². The van der Waals surface area contributed by atoms with Gasteiger partial charge in [0.2, 0.25) is 0 Å². The molecule has 0 aromatic carbocycles. The van der Waals surface area contributed by atoms with Gasteiger partial charge in [-0.15, -0.1) is 0 Å². The minimum absolute atomic E-state index is 0. The number of nitrogens with zero attached hydrogens (tertiary/aromatic N) is 3. The first-order valence-corrected chi connectivity index (χ1v) is 3.05. The smallest absolute Gasteiger partial charge is 0.323 e. The van der Waals surface area contributed by atoms with Gasteiger partial charge in [-0.1, -0.05) is 0 Å². The summed E-state index contributed by atoms with van der Waals surface area (Å²) < 4.78 is 0. The fraction of sp³-hybridized carbons (Fsp3) is 0.429. The van der Waals surface area contributed by atoms with Crippen LogP contribution in [0.5, 0.6) is 0 Å². The van der Waals surface area contributed by atoms with Crippen LogP contribution in [-0.2, 0) is 0 Å². The average Bonchev–Trinajstić information content (AvgIpc) is 1.90. The molecule has 1 heterocycles. The molecule has 0 N–H and O–H groups in total. The Balaban J connectivity index is 0. The molecule has 0 unspecified atom stereocenters. The maximum atomic E-state index is 3.56. The van der Waals surface area contributed by atoms with E-state index < -0.39 is 0 Å². The van der Waals surface area contributed by atoms with E-state index in [-0.39, 0.29) is 18.9 Å². The van der Waals surface area contributed by atoms with Crippen LogP contribution in [0.15, 0.2) is 19.0 Å². The zero-order valence-corrected chi connectivity index (χ0v) is 7.57. The third kappa shape index (κ3) is 17.7. The maximum absolute atomic E-state index is 3.56. The van der Waals surface area contributed by atoms with Gasteiger partial charge in [-0.25, -0.2) is 15.0 Å². The summed E-state index contributed by atoms with van der Waals surface area (Å²) in [5, 5.41) is 0. The zero-order chi connectivity index (χ0) is 7.82. The monoisotopic (exact) mass is 145 g/mol. The molecule has 0 fully saturated rings. The number of hydrogen-bond donors (Lipinski definition) is 0. The van der Waals surface area contributed by atoms with Crippen molar-refractivity contribution in [2.75, 3.05) is 0 Å². The van der Waals surface area contributed by atoms with E-state index in [0.717, 1.165) is 0 Å². The van der Waals surface area contributed by atoms with Crippen LogP contribution in [0.3, 0.4) is 0 Å². The molecule has 3 nitrogen and oxygen atoms in total. The van der Waals surface area contributed by atoms with Gasteiger partial charge in [0.15, 0.2) is 0 Å². The van der Waals surface area contributed by atoms with Crippen LogP contribution in [0.1, 0.15) is 20.8 Å². The molecule has 0 saturated carbocycles. The number of hydrogen-bond acceptors (Lipinski definition) is 3. The van der Waals surface area contributed by atoms with Crippen LogP contribution in [-0.4, -0.2) is 15.0 Å².